The molecule has 0 spiro atoms. The van der Waals surface area contributed by atoms with Crippen molar-refractivity contribution in [2.24, 2.45) is 0 Å². The predicted molar refractivity (Wildman–Crippen MR) is 46.1 cm³/mol. The molecule has 1 aromatic carbocycles. The van der Waals surface area contributed by atoms with Crippen LogP contribution in [0.1, 0.15) is 5.56 Å². The van der Waals surface area contributed by atoms with Gasteiger partial charge in [0.1, 0.15) is 6.67 Å². The van der Waals surface area contributed by atoms with Gasteiger partial charge in [-0.1, -0.05) is 12.1 Å². The zero-order chi connectivity index (χ0) is 8.97. The van der Waals surface area contributed by atoms with E-state index in [0.29, 0.717) is 11.3 Å². The van der Waals surface area contributed by atoms with Gasteiger partial charge in [0, 0.05) is 5.69 Å². The molecule has 0 aliphatic heterocycles. The first-order valence-electron chi connectivity index (χ1n) is 3.34. The number of rotatable bonds is 2. The van der Waals surface area contributed by atoms with Crippen LogP contribution in [0.5, 0.6) is 0 Å². The maximum Gasteiger partial charge on any atom is 0.318 e. The van der Waals surface area contributed by atoms with E-state index in [-0.39, 0.29) is 0 Å². The van der Waals surface area contributed by atoms with Crippen LogP contribution in [0.25, 0.3) is 0 Å². The minimum atomic E-state index is -0.650. The number of carbonyl (C=O) groups is 1. The SMILES string of the molecule is O=C(Cl)Nc1ccc(CF)cc1. The molecule has 0 saturated heterocycles. The molecule has 0 atom stereocenters. The van der Waals surface area contributed by atoms with Crippen LogP contribution in [0.15, 0.2) is 24.3 Å². The van der Waals surface area contributed by atoms with E-state index >= 15 is 0 Å². The van der Waals surface area contributed by atoms with Crippen LogP contribution < -0.4 is 5.32 Å². The molecule has 1 amide bonds. The van der Waals surface area contributed by atoms with E-state index in [1.54, 1.807) is 24.3 Å². The minimum absolute atomic E-state index is 0.505. The number of benzene rings is 1. The molecule has 2 nitrogen and oxygen atoms in total. The van der Waals surface area contributed by atoms with Gasteiger partial charge in [0.05, 0.1) is 0 Å². The summed E-state index contributed by atoms with van der Waals surface area (Å²) in [6, 6.07) is 6.36. The van der Waals surface area contributed by atoms with Crippen LogP contribution in [0.2, 0.25) is 0 Å². The van der Waals surface area contributed by atoms with Crippen LogP contribution >= 0.6 is 11.6 Å². The first-order chi connectivity index (χ1) is 5.72. The maximum atomic E-state index is 12.0. The van der Waals surface area contributed by atoms with Crippen molar-refractivity contribution in [3.05, 3.63) is 29.8 Å². The lowest BCUT2D eigenvalue weighted by atomic mass is 10.2. The Morgan fingerprint density at radius 2 is 2.00 bits per heavy atom. The van der Waals surface area contributed by atoms with Gasteiger partial charge < -0.3 is 5.32 Å². The fraction of sp³-hybridized carbons (Fsp3) is 0.125. The summed E-state index contributed by atoms with van der Waals surface area (Å²) in [5.74, 6) is 0. The fourth-order valence-corrected chi connectivity index (χ4v) is 0.900. The van der Waals surface area contributed by atoms with Crippen molar-refractivity contribution in [2.75, 3.05) is 5.32 Å². The molecular formula is C8H7ClFNO. The Hall–Kier alpha value is -1.09. The van der Waals surface area contributed by atoms with Crippen molar-refractivity contribution in [1.29, 1.82) is 0 Å². The average Bonchev–Trinajstić information content (AvgIpc) is 2.05. The van der Waals surface area contributed by atoms with Gasteiger partial charge in [0.2, 0.25) is 0 Å². The molecule has 0 aromatic heterocycles. The fourth-order valence-electron chi connectivity index (χ4n) is 0.791. The zero-order valence-electron chi connectivity index (χ0n) is 6.18. The molecule has 12 heavy (non-hydrogen) atoms. The lowest BCUT2D eigenvalue weighted by Crippen LogP contribution is -2.00. The first-order valence-corrected chi connectivity index (χ1v) is 3.71. The second kappa shape index (κ2) is 4.07. The van der Waals surface area contributed by atoms with Gasteiger partial charge in [-0.25, -0.2) is 4.39 Å². The molecule has 0 aliphatic rings. The summed E-state index contributed by atoms with van der Waals surface area (Å²) >= 11 is 5.06. The Morgan fingerprint density at radius 1 is 1.42 bits per heavy atom. The second-order valence-electron chi connectivity index (χ2n) is 2.23. The molecule has 1 N–H and O–H groups in total. The van der Waals surface area contributed by atoms with Gasteiger partial charge in [0.15, 0.2) is 0 Å². The van der Waals surface area contributed by atoms with Crippen LogP contribution in [-0.2, 0) is 6.67 Å². The highest BCUT2D eigenvalue weighted by Gasteiger charge is 1.96. The number of halogens is 2. The zero-order valence-corrected chi connectivity index (χ0v) is 6.94. The molecule has 64 valence electrons. The molecule has 1 aromatic rings. The van der Waals surface area contributed by atoms with E-state index in [9.17, 15) is 9.18 Å². The molecule has 1 rings (SSSR count). The first kappa shape index (κ1) is 9.00. The van der Waals surface area contributed by atoms with Gasteiger partial charge >= 0.3 is 5.37 Å². The molecule has 0 unspecified atom stereocenters. The Bertz CT molecular complexity index is 273. The van der Waals surface area contributed by atoms with E-state index in [1.807, 2.05) is 0 Å². The molecule has 0 saturated carbocycles. The lowest BCUT2D eigenvalue weighted by molar-refractivity contribution is 0.269. The van der Waals surface area contributed by atoms with E-state index in [0.717, 1.165) is 0 Å². The van der Waals surface area contributed by atoms with E-state index < -0.39 is 12.0 Å². The Morgan fingerprint density at radius 3 is 2.42 bits per heavy atom. The quantitative estimate of drug-likeness (QED) is 0.560. The third-order valence-electron chi connectivity index (χ3n) is 1.35. The number of carbonyl (C=O) groups excluding carboxylic acids is 1. The van der Waals surface area contributed by atoms with Crippen LogP contribution in [0.3, 0.4) is 0 Å². The van der Waals surface area contributed by atoms with Crippen LogP contribution in [-0.4, -0.2) is 5.37 Å². The number of hydrogen-bond acceptors (Lipinski definition) is 1. The topological polar surface area (TPSA) is 29.1 Å². The smallest absolute Gasteiger partial charge is 0.312 e. The van der Waals surface area contributed by atoms with Crippen molar-refractivity contribution >= 4 is 22.7 Å². The molecule has 4 heteroatoms. The standard InChI is InChI=1S/C8H7ClFNO/c9-8(12)11-7-3-1-6(5-10)2-4-7/h1-4H,5H2,(H,11,12). The molecule has 0 bridgehead atoms. The van der Waals surface area contributed by atoms with E-state index in [2.05, 4.69) is 5.32 Å². The maximum absolute atomic E-state index is 12.0. The van der Waals surface area contributed by atoms with E-state index in [1.165, 1.54) is 0 Å². The van der Waals surface area contributed by atoms with Crippen molar-refractivity contribution in [3.8, 4) is 0 Å². The number of alkyl halides is 1. The highest BCUT2D eigenvalue weighted by Crippen LogP contribution is 2.10. The number of hydrogen-bond donors (Lipinski definition) is 1. The summed E-state index contributed by atoms with van der Waals surface area (Å²) in [5, 5.41) is 1.71. The Balaban J connectivity index is 2.71. The number of amides is 1. The van der Waals surface area contributed by atoms with Crippen LogP contribution in [0.4, 0.5) is 14.9 Å². The summed E-state index contributed by atoms with van der Waals surface area (Å²) in [6.07, 6.45) is 0. The molecule has 0 fully saturated rings. The van der Waals surface area contributed by atoms with Crippen molar-refractivity contribution < 1.29 is 9.18 Å². The van der Waals surface area contributed by atoms with Gasteiger partial charge in [-0.15, -0.1) is 0 Å². The van der Waals surface area contributed by atoms with Crippen molar-refractivity contribution in [3.63, 3.8) is 0 Å². The van der Waals surface area contributed by atoms with Gasteiger partial charge in [0.25, 0.3) is 0 Å². The molecule has 0 heterocycles. The Kier molecular flexibility index (Phi) is 3.05. The van der Waals surface area contributed by atoms with Crippen molar-refractivity contribution in [1.82, 2.24) is 0 Å². The second-order valence-corrected chi connectivity index (χ2v) is 2.57. The third kappa shape index (κ3) is 2.51. The highest BCUT2D eigenvalue weighted by atomic mass is 35.5. The molecule has 0 radical (unpaired) electrons. The summed E-state index contributed by atoms with van der Waals surface area (Å²) < 4.78 is 12.0. The van der Waals surface area contributed by atoms with Gasteiger partial charge in [-0.05, 0) is 29.3 Å². The third-order valence-corrected chi connectivity index (χ3v) is 1.45. The monoisotopic (exact) mass is 187 g/mol. The largest absolute Gasteiger partial charge is 0.318 e. The predicted octanol–water partition coefficient (Wildman–Crippen LogP) is 2.93. The summed E-state index contributed by atoms with van der Waals surface area (Å²) in [6.45, 7) is -0.505. The molecular weight excluding hydrogens is 181 g/mol. The number of anilines is 1. The minimum Gasteiger partial charge on any atom is -0.312 e. The number of nitrogens with one attached hydrogen (secondary N) is 1. The van der Waals surface area contributed by atoms with Gasteiger partial charge in [-0.2, -0.15) is 0 Å². The Labute approximate surface area is 74.3 Å². The summed E-state index contributed by atoms with van der Waals surface area (Å²) in [5.41, 5.74) is 1.13. The average molecular weight is 188 g/mol. The van der Waals surface area contributed by atoms with Gasteiger partial charge in [-0.3, -0.25) is 4.79 Å². The summed E-state index contributed by atoms with van der Waals surface area (Å²) in [7, 11) is 0. The normalized spacial score (nSPS) is 9.50. The van der Waals surface area contributed by atoms with Crippen LogP contribution in [0, 0.1) is 0 Å². The van der Waals surface area contributed by atoms with E-state index in [4.69, 9.17) is 11.6 Å². The summed E-state index contributed by atoms with van der Waals surface area (Å²) in [4.78, 5) is 10.3. The lowest BCUT2D eigenvalue weighted by Gasteiger charge is -2.00. The molecule has 0 aliphatic carbocycles. The van der Waals surface area contributed by atoms with Crippen molar-refractivity contribution in [2.45, 2.75) is 6.67 Å². The highest BCUT2D eigenvalue weighted by molar-refractivity contribution is 6.65.